The Morgan fingerprint density at radius 2 is 2.09 bits per heavy atom. The topological polar surface area (TPSA) is 43.4 Å². The maximum absolute atomic E-state index is 12.7. The van der Waals surface area contributed by atoms with Gasteiger partial charge in [0.15, 0.2) is 5.78 Å². The highest BCUT2D eigenvalue weighted by Gasteiger charge is 2.62. The van der Waals surface area contributed by atoms with Crippen molar-refractivity contribution < 1.29 is 14.3 Å². The number of hydrogen-bond donors (Lipinski definition) is 0. The predicted octanol–water partition coefficient (Wildman–Crippen LogP) is 4.00. The Labute approximate surface area is 133 Å². The summed E-state index contributed by atoms with van der Waals surface area (Å²) in [6, 6.07) is 0. The van der Waals surface area contributed by atoms with Crippen molar-refractivity contribution in [3.05, 3.63) is 36.0 Å². The molecule has 120 valence electrons. The molecule has 2 rings (SSSR count). The molecule has 1 fully saturated rings. The van der Waals surface area contributed by atoms with E-state index in [4.69, 9.17) is 4.74 Å². The number of hydrogen-bond acceptors (Lipinski definition) is 3. The Morgan fingerprint density at radius 1 is 1.45 bits per heavy atom. The largest absolute Gasteiger partial charge is 0.453 e. The van der Waals surface area contributed by atoms with Crippen LogP contribution in [0.2, 0.25) is 0 Å². The SMILES string of the molecule is C=CC[C@]1(OC(=O)[C@@H]2[C@@H](C=C(C)C)C2(C)C)CC(=O)C=C1C. The summed E-state index contributed by atoms with van der Waals surface area (Å²) in [6.07, 6.45) is 6.16. The van der Waals surface area contributed by atoms with E-state index in [-0.39, 0.29) is 35.4 Å². The number of rotatable bonds is 5. The van der Waals surface area contributed by atoms with E-state index in [0.29, 0.717) is 6.42 Å². The number of carbonyl (C=O) groups excluding carboxylic acids is 2. The molecule has 0 aliphatic heterocycles. The normalized spacial score (nSPS) is 32.2. The second-order valence-electron chi connectivity index (χ2n) is 7.45. The van der Waals surface area contributed by atoms with Crippen molar-refractivity contribution in [1.29, 1.82) is 0 Å². The summed E-state index contributed by atoms with van der Waals surface area (Å²) >= 11 is 0. The van der Waals surface area contributed by atoms with Gasteiger partial charge < -0.3 is 4.74 Å². The molecule has 3 heteroatoms. The standard InChI is InChI=1S/C19H26O3/c1-7-8-19(11-14(20)10-13(19)4)22-17(21)16-15(9-12(2)3)18(16,5)6/h7,9-10,15-16H,1,8,11H2,2-6H3/t15-,16+,19+/m1/s1. The van der Waals surface area contributed by atoms with Crippen molar-refractivity contribution in [1.82, 2.24) is 0 Å². The van der Waals surface area contributed by atoms with E-state index >= 15 is 0 Å². The van der Waals surface area contributed by atoms with E-state index < -0.39 is 5.60 Å². The molecule has 0 spiro atoms. The van der Waals surface area contributed by atoms with E-state index in [0.717, 1.165) is 5.57 Å². The molecule has 0 aromatic heterocycles. The van der Waals surface area contributed by atoms with E-state index in [1.54, 1.807) is 12.2 Å². The summed E-state index contributed by atoms with van der Waals surface area (Å²) in [5, 5.41) is 0. The van der Waals surface area contributed by atoms with Crippen LogP contribution in [0.1, 0.15) is 47.5 Å². The minimum Gasteiger partial charge on any atom is -0.453 e. The fourth-order valence-electron chi connectivity index (χ4n) is 3.52. The third kappa shape index (κ3) is 2.81. The quantitative estimate of drug-likeness (QED) is 0.569. The minimum atomic E-state index is -0.815. The van der Waals surface area contributed by atoms with Crippen LogP contribution in [-0.4, -0.2) is 17.4 Å². The van der Waals surface area contributed by atoms with Gasteiger partial charge in [-0.25, -0.2) is 0 Å². The Bertz CT molecular complexity index is 575. The van der Waals surface area contributed by atoms with Crippen molar-refractivity contribution in [3.8, 4) is 0 Å². The first-order chi connectivity index (χ1) is 10.1. The van der Waals surface area contributed by atoms with Gasteiger partial charge in [-0.3, -0.25) is 9.59 Å². The lowest BCUT2D eigenvalue weighted by Crippen LogP contribution is -2.35. The van der Waals surface area contributed by atoms with Crippen molar-refractivity contribution in [2.75, 3.05) is 0 Å². The third-order valence-electron chi connectivity index (χ3n) is 5.00. The van der Waals surface area contributed by atoms with Gasteiger partial charge in [-0.15, -0.1) is 6.58 Å². The van der Waals surface area contributed by atoms with Gasteiger partial charge in [-0.2, -0.15) is 0 Å². The number of carbonyl (C=O) groups is 2. The third-order valence-corrected chi connectivity index (χ3v) is 5.00. The Balaban J connectivity index is 2.18. The summed E-state index contributed by atoms with van der Waals surface area (Å²) in [7, 11) is 0. The molecule has 0 bridgehead atoms. The predicted molar refractivity (Wildman–Crippen MR) is 87.2 cm³/mol. The molecule has 0 aromatic rings. The maximum atomic E-state index is 12.7. The van der Waals surface area contributed by atoms with Crippen LogP contribution in [-0.2, 0) is 14.3 Å². The van der Waals surface area contributed by atoms with Gasteiger partial charge in [0.1, 0.15) is 5.60 Å². The van der Waals surface area contributed by atoms with Gasteiger partial charge in [-0.1, -0.05) is 31.6 Å². The number of ether oxygens (including phenoxy) is 1. The van der Waals surface area contributed by atoms with Crippen molar-refractivity contribution in [3.63, 3.8) is 0 Å². The summed E-state index contributed by atoms with van der Waals surface area (Å²) in [5.41, 5.74) is 1.14. The Kier molecular flexibility index (Phi) is 4.20. The smallest absolute Gasteiger partial charge is 0.311 e. The highest BCUT2D eigenvalue weighted by molar-refractivity contribution is 5.95. The molecule has 0 unspecified atom stereocenters. The summed E-state index contributed by atoms with van der Waals surface area (Å²) in [5.74, 6) is -0.0976. The molecule has 22 heavy (non-hydrogen) atoms. The molecule has 3 nitrogen and oxygen atoms in total. The molecule has 2 aliphatic rings. The molecule has 0 aromatic carbocycles. The van der Waals surface area contributed by atoms with Crippen molar-refractivity contribution in [2.45, 2.75) is 53.1 Å². The van der Waals surface area contributed by atoms with E-state index in [9.17, 15) is 9.59 Å². The van der Waals surface area contributed by atoms with Gasteiger partial charge in [0.05, 0.1) is 12.3 Å². The second kappa shape index (κ2) is 5.53. The minimum absolute atomic E-state index is 0.0167. The summed E-state index contributed by atoms with van der Waals surface area (Å²) in [6.45, 7) is 13.9. The molecule has 0 N–H and O–H groups in total. The average Bonchev–Trinajstić information content (AvgIpc) is 2.76. The molecule has 3 atom stereocenters. The molecule has 0 amide bonds. The van der Waals surface area contributed by atoms with E-state index in [1.165, 1.54) is 5.57 Å². The average molecular weight is 302 g/mol. The molecule has 0 heterocycles. The molecular formula is C19H26O3. The number of esters is 1. The summed E-state index contributed by atoms with van der Waals surface area (Å²) in [4.78, 5) is 24.4. The van der Waals surface area contributed by atoms with Crippen LogP contribution in [0, 0.1) is 17.3 Å². The van der Waals surface area contributed by atoms with Crippen LogP contribution >= 0.6 is 0 Å². The zero-order valence-corrected chi connectivity index (χ0v) is 14.2. The molecule has 0 radical (unpaired) electrons. The second-order valence-corrected chi connectivity index (χ2v) is 7.45. The molecule has 0 saturated heterocycles. The highest BCUT2D eigenvalue weighted by atomic mass is 16.6. The number of allylic oxidation sites excluding steroid dienone is 3. The monoisotopic (exact) mass is 302 g/mol. The van der Waals surface area contributed by atoms with Gasteiger partial charge in [0, 0.05) is 6.42 Å². The Hall–Kier alpha value is -1.64. The molecular weight excluding hydrogens is 276 g/mol. The fraction of sp³-hybridized carbons (Fsp3) is 0.579. The first-order valence-corrected chi connectivity index (χ1v) is 7.84. The first kappa shape index (κ1) is 16.7. The lowest BCUT2D eigenvalue weighted by atomic mass is 9.92. The van der Waals surface area contributed by atoms with Crippen molar-refractivity contribution in [2.24, 2.45) is 17.3 Å². The zero-order valence-electron chi connectivity index (χ0n) is 14.2. The molecule has 1 saturated carbocycles. The van der Waals surface area contributed by atoms with Crippen LogP contribution in [0.5, 0.6) is 0 Å². The van der Waals surface area contributed by atoms with Gasteiger partial charge >= 0.3 is 5.97 Å². The lowest BCUT2D eigenvalue weighted by Gasteiger charge is -2.29. The van der Waals surface area contributed by atoms with E-state index in [2.05, 4.69) is 26.5 Å². The Morgan fingerprint density at radius 3 is 2.55 bits per heavy atom. The van der Waals surface area contributed by atoms with Gasteiger partial charge in [0.25, 0.3) is 0 Å². The van der Waals surface area contributed by atoms with Crippen LogP contribution in [0.25, 0.3) is 0 Å². The zero-order chi connectivity index (χ0) is 16.7. The van der Waals surface area contributed by atoms with Gasteiger partial charge in [-0.05, 0) is 43.8 Å². The lowest BCUT2D eigenvalue weighted by molar-refractivity contribution is -0.159. The van der Waals surface area contributed by atoms with Crippen LogP contribution < -0.4 is 0 Å². The highest BCUT2D eigenvalue weighted by Crippen LogP contribution is 2.60. The number of ketones is 1. The first-order valence-electron chi connectivity index (χ1n) is 7.84. The van der Waals surface area contributed by atoms with Crippen LogP contribution in [0.4, 0.5) is 0 Å². The van der Waals surface area contributed by atoms with E-state index in [1.807, 2.05) is 20.8 Å². The van der Waals surface area contributed by atoms with Crippen molar-refractivity contribution >= 4 is 11.8 Å². The summed E-state index contributed by atoms with van der Waals surface area (Å²) < 4.78 is 5.86. The fourth-order valence-corrected chi connectivity index (χ4v) is 3.52. The maximum Gasteiger partial charge on any atom is 0.311 e. The molecule has 2 aliphatic carbocycles. The van der Waals surface area contributed by atoms with Crippen LogP contribution in [0.3, 0.4) is 0 Å². The van der Waals surface area contributed by atoms with Crippen LogP contribution in [0.15, 0.2) is 36.0 Å². The van der Waals surface area contributed by atoms with Gasteiger partial charge in [0.2, 0.25) is 0 Å².